The Morgan fingerprint density at radius 2 is 2.07 bits per heavy atom. The van der Waals surface area contributed by atoms with E-state index in [1.807, 2.05) is 13.0 Å². The van der Waals surface area contributed by atoms with Gasteiger partial charge in [0.1, 0.15) is 0 Å². The van der Waals surface area contributed by atoms with E-state index < -0.39 is 0 Å². The molecule has 1 fully saturated rings. The first-order valence-corrected chi connectivity index (χ1v) is 11.6. The summed E-state index contributed by atoms with van der Waals surface area (Å²) in [7, 11) is 0. The standard InChI is InChI=1S/C20H24N4O2S2/c1-2-18(26)24(14-10-11-14)19-22-23-20(28-19)27-12-17(25)21-16-9-5-7-13-6-3-4-8-15(13)16/h3-4,6,8,14,16H,2,5,7,9-12H2,1H3,(H,21,25)/t16-/m1/s1. The smallest absolute Gasteiger partial charge is 0.230 e. The summed E-state index contributed by atoms with van der Waals surface area (Å²) in [5, 5.41) is 12.2. The predicted molar refractivity (Wildman–Crippen MR) is 112 cm³/mol. The minimum absolute atomic E-state index is 0.00661. The highest BCUT2D eigenvalue weighted by Crippen LogP contribution is 2.36. The van der Waals surface area contributed by atoms with Gasteiger partial charge in [-0.25, -0.2) is 0 Å². The van der Waals surface area contributed by atoms with Crippen LogP contribution in [-0.2, 0) is 16.0 Å². The minimum atomic E-state index is 0.00661. The zero-order chi connectivity index (χ0) is 19.5. The lowest BCUT2D eigenvalue weighted by Gasteiger charge is -2.26. The van der Waals surface area contributed by atoms with Crippen LogP contribution < -0.4 is 10.2 Å². The summed E-state index contributed by atoms with van der Waals surface area (Å²) in [6.07, 6.45) is 5.67. The van der Waals surface area contributed by atoms with Crippen LogP contribution in [-0.4, -0.2) is 33.8 Å². The summed E-state index contributed by atoms with van der Waals surface area (Å²) in [4.78, 5) is 26.4. The molecule has 1 aromatic heterocycles. The normalized spacial score (nSPS) is 18.4. The molecule has 28 heavy (non-hydrogen) atoms. The first-order valence-electron chi connectivity index (χ1n) is 9.81. The van der Waals surface area contributed by atoms with Gasteiger partial charge in [-0.15, -0.1) is 10.2 Å². The third-order valence-electron chi connectivity index (χ3n) is 5.12. The lowest BCUT2D eigenvalue weighted by Crippen LogP contribution is -2.32. The summed E-state index contributed by atoms with van der Waals surface area (Å²) in [5.41, 5.74) is 2.57. The summed E-state index contributed by atoms with van der Waals surface area (Å²) >= 11 is 2.78. The van der Waals surface area contributed by atoms with Crippen LogP contribution in [0.4, 0.5) is 5.13 Å². The van der Waals surface area contributed by atoms with E-state index in [4.69, 9.17) is 0 Å². The maximum atomic E-state index is 12.5. The number of fused-ring (bicyclic) bond motifs is 1. The van der Waals surface area contributed by atoms with Crippen molar-refractivity contribution < 1.29 is 9.59 Å². The number of rotatable bonds is 7. The average molecular weight is 417 g/mol. The van der Waals surface area contributed by atoms with E-state index >= 15 is 0 Å². The topological polar surface area (TPSA) is 75.2 Å². The predicted octanol–water partition coefficient (Wildman–Crippen LogP) is 3.73. The Morgan fingerprint density at radius 1 is 1.25 bits per heavy atom. The van der Waals surface area contributed by atoms with Crippen molar-refractivity contribution in [1.82, 2.24) is 15.5 Å². The number of amides is 2. The lowest BCUT2D eigenvalue weighted by atomic mass is 9.88. The van der Waals surface area contributed by atoms with E-state index in [2.05, 4.69) is 33.7 Å². The zero-order valence-corrected chi connectivity index (χ0v) is 17.5. The first kappa shape index (κ1) is 19.4. The van der Waals surface area contributed by atoms with Gasteiger partial charge in [0.25, 0.3) is 0 Å². The fraction of sp³-hybridized carbons (Fsp3) is 0.500. The monoisotopic (exact) mass is 416 g/mol. The van der Waals surface area contributed by atoms with E-state index in [9.17, 15) is 9.59 Å². The number of aromatic nitrogens is 2. The molecule has 1 N–H and O–H groups in total. The molecule has 2 amide bonds. The maximum absolute atomic E-state index is 12.5. The summed E-state index contributed by atoms with van der Waals surface area (Å²) in [5.74, 6) is 0.398. The van der Waals surface area contributed by atoms with Gasteiger partial charge in [0.2, 0.25) is 16.9 Å². The molecule has 1 saturated carbocycles. The highest BCUT2D eigenvalue weighted by molar-refractivity contribution is 8.01. The van der Waals surface area contributed by atoms with E-state index in [1.54, 1.807) is 4.90 Å². The zero-order valence-electron chi connectivity index (χ0n) is 15.9. The van der Waals surface area contributed by atoms with Crippen molar-refractivity contribution in [3.8, 4) is 0 Å². The molecule has 1 atom stereocenters. The third-order valence-corrected chi connectivity index (χ3v) is 7.17. The molecule has 148 valence electrons. The van der Waals surface area contributed by atoms with Crippen molar-refractivity contribution in [3.05, 3.63) is 35.4 Å². The summed E-state index contributed by atoms with van der Waals surface area (Å²) in [6, 6.07) is 8.71. The number of aryl methyl sites for hydroxylation is 1. The number of hydrogen-bond acceptors (Lipinski definition) is 6. The fourth-order valence-electron chi connectivity index (χ4n) is 3.59. The van der Waals surface area contributed by atoms with E-state index in [1.165, 1.54) is 34.2 Å². The molecule has 2 aromatic rings. The molecule has 0 spiro atoms. The second-order valence-electron chi connectivity index (χ2n) is 7.20. The molecular weight excluding hydrogens is 392 g/mol. The van der Waals surface area contributed by atoms with Crippen molar-refractivity contribution in [2.45, 2.75) is 61.9 Å². The van der Waals surface area contributed by atoms with E-state index in [-0.39, 0.29) is 23.9 Å². The molecule has 0 unspecified atom stereocenters. The highest BCUT2D eigenvalue weighted by Gasteiger charge is 2.35. The number of hydrogen-bond donors (Lipinski definition) is 1. The van der Waals surface area contributed by atoms with Crippen molar-refractivity contribution >= 4 is 40.0 Å². The van der Waals surface area contributed by atoms with Crippen LogP contribution in [0.2, 0.25) is 0 Å². The molecule has 0 saturated heterocycles. The number of nitrogens with one attached hydrogen (secondary N) is 1. The van der Waals surface area contributed by atoms with Crippen LogP contribution in [0.1, 0.15) is 56.2 Å². The van der Waals surface area contributed by atoms with Gasteiger partial charge >= 0.3 is 0 Å². The molecule has 0 aliphatic heterocycles. The maximum Gasteiger partial charge on any atom is 0.230 e. The molecule has 8 heteroatoms. The molecule has 2 aliphatic carbocycles. The number of carbonyl (C=O) groups excluding carboxylic acids is 2. The highest BCUT2D eigenvalue weighted by atomic mass is 32.2. The van der Waals surface area contributed by atoms with Crippen molar-refractivity contribution in [1.29, 1.82) is 0 Å². The van der Waals surface area contributed by atoms with Crippen LogP contribution in [0.5, 0.6) is 0 Å². The fourth-order valence-corrected chi connectivity index (χ4v) is 5.34. The van der Waals surface area contributed by atoms with Crippen molar-refractivity contribution in [2.24, 2.45) is 0 Å². The van der Waals surface area contributed by atoms with Gasteiger partial charge in [0.15, 0.2) is 4.34 Å². The Bertz CT molecular complexity index is 865. The quantitative estimate of drug-likeness (QED) is 0.550. The third kappa shape index (κ3) is 4.38. The Balaban J connectivity index is 1.33. The second-order valence-corrected chi connectivity index (χ2v) is 9.38. The van der Waals surface area contributed by atoms with Crippen LogP contribution in [0.25, 0.3) is 0 Å². The molecule has 2 aliphatic rings. The molecule has 1 heterocycles. The van der Waals surface area contributed by atoms with Gasteiger partial charge in [-0.2, -0.15) is 0 Å². The molecule has 1 aromatic carbocycles. The van der Waals surface area contributed by atoms with Gasteiger partial charge in [0.05, 0.1) is 11.8 Å². The van der Waals surface area contributed by atoms with Crippen LogP contribution in [0.3, 0.4) is 0 Å². The molecular formula is C20H24N4O2S2. The average Bonchev–Trinajstić information content (AvgIpc) is 3.44. The SMILES string of the molecule is CCC(=O)N(c1nnc(SCC(=O)N[C@@H]2CCCc3ccccc32)s1)C1CC1. The van der Waals surface area contributed by atoms with Gasteiger partial charge in [0, 0.05) is 12.5 Å². The van der Waals surface area contributed by atoms with Gasteiger partial charge in [-0.3, -0.25) is 14.5 Å². The summed E-state index contributed by atoms with van der Waals surface area (Å²) in [6.45, 7) is 1.86. The molecule has 0 radical (unpaired) electrons. The van der Waals surface area contributed by atoms with Gasteiger partial charge < -0.3 is 5.32 Å². The minimum Gasteiger partial charge on any atom is -0.349 e. The lowest BCUT2D eigenvalue weighted by molar-refractivity contribution is -0.119. The Kier molecular flexibility index (Phi) is 5.96. The van der Waals surface area contributed by atoms with Crippen molar-refractivity contribution in [2.75, 3.05) is 10.7 Å². The van der Waals surface area contributed by atoms with E-state index in [0.29, 0.717) is 17.3 Å². The van der Waals surface area contributed by atoms with Gasteiger partial charge in [-0.05, 0) is 43.2 Å². The molecule has 4 rings (SSSR count). The van der Waals surface area contributed by atoms with Crippen molar-refractivity contribution in [3.63, 3.8) is 0 Å². The molecule has 6 nitrogen and oxygen atoms in total. The number of anilines is 1. The Labute approximate surface area is 173 Å². The number of carbonyl (C=O) groups is 2. The summed E-state index contributed by atoms with van der Waals surface area (Å²) < 4.78 is 0.726. The van der Waals surface area contributed by atoms with E-state index in [0.717, 1.165) is 36.4 Å². The Hall–Kier alpha value is -1.93. The largest absolute Gasteiger partial charge is 0.349 e. The Morgan fingerprint density at radius 3 is 2.86 bits per heavy atom. The van der Waals surface area contributed by atoms with Crippen LogP contribution in [0.15, 0.2) is 28.6 Å². The number of nitrogens with zero attached hydrogens (tertiary/aromatic N) is 3. The van der Waals surface area contributed by atoms with Crippen LogP contribution >= 0.6 is 23.1 Å². The van der Waals surface area contributed by atoms with Gasteiger partial charge in [-0.1, -0.05) is 54.3 Å². The second kappa shape index (κ2) is 8.61. The molecule has 0 bridgehead atoms. The number of thioether (sulfide) groups is 1. The van der Waals surface area contributed by atoms with Crippen LogP contribution in [0, 0.1) is 0 Å². The first-order chi connectivity index (χ1) is 13.7. The number of benzene rings is 1.